The number of ether oxygens (including phenoxy) is 1. The maximum absolute atomic E-state index is 12.4. The number of alkyl carbamates (subject to hydrolysis) is 1. The van der Waals surface area contributed by atoms with E-state index < -0.39 is 30.1 Å². The standard InChI is InChI=1S/C24H28N2O5/c1-14(2)21(12-22(27)28)26-23(29)15(3)25-24(30)31-13-20-18-10-6-4-8-16(18)17-9-5-7-11-19(17)20/h4-11,14-15,20-21H,12-13H2,1-3H3,(H,25,30)(H,26,29)(H,27,28)/t15-,21+/m0/s1. The van der Waals surface area contributed by atoms with Crippen LogP contribution in [0.25, 0.3) is 11.1 Å². The minimum Gasteiger partial charge on any atom is -0.481 e. The van der Waals surface area contributed by atoms with Gasteiger partial charge >= 0.3 is 12.1 Å². The van der Waals surface area contributed by atoms with Gasteiger partial charge in [0.15, 0.2) is 0 Å². The van der Waals surface area contributed by atoms with Crippen molar-refractivity contribution in [3.8, 4) is 11.1 Å². The lowest BCUT2D eigenvalue weighted by Gasteiger charge is -2.23. The zero-order valence-corrected chi connectivity index (χ0v) is 17.9. The number of fused-ring (bicyclic) bond motifs is 3. The van der Waals surface area contributed by atoms with Gasteiger partial charge in [0, 0.05) is 12.0 Å². The molecule has 0 heterocycles. The normalized spacial score (nSPS) is 14.3. The van der Waals surface area contributed by atoms with Gasteiger partial charge < -0.3 is 20.5 Å². The Morgan fingerprint density at radius 3 is 2.00 bits per heavy atom. The van der Waals surface area contributed by atoms with Crippen LogP contribution in [0.1, 0.15) is 44.2 Å². The number of carboxylic acid groups (broad SMARTS) is 1. The highest BCUT2D eigenvalue weighted by molar-refractivity contribution is 5.86. The molecule has 2 atom stereocenters. The van der Waals surface area contributed by atoms with Crippen molar-refractivity contribution >= 4 is 18.0 Å². The van der Waals surface area contributed by atoms with E-state index in [-0.39, 0.29) is 24.9 Å². The number of carbonyl (C=O) groups excluding carboxylic acids is 2. The molecule has 0 aromatic heterocycles. The molecular formula is C24H28N2O5. The van der Waals surface area contributed by atoms with E-state index >= 15 is 0 Å². The molecule has 0 saturated heterocycles. The summed E-state index contributed by atoms with van der Waals surface area (Å²) in [5.74, 6) is -1.56. The number of amides is 2. The second-order valence-corrected chi connectivity index (χ2v) is 8.15. The van der Waals surface area contributed by atoms with Crippen molar-refractivity contribution in [3.05, 3.63) is 59.7 Å². The maximum Gasteiger partial charge on any atom is 0.407 e. The number of nitrogens with one attached hydrogen (secondary N) is 2. The van der Waals surface area contributed by atoms with E-state index in [2.05, 4.69) is 22.8 Å². The first-order valence-corrected chi connectivity index (χ1v) is 10.4. The molecule has 0 fully saturated rings. The van der Waals surface area contributed by atoms with Crippen molar-refractivity contribution in [1.29, 1.82) is 0 Å². The van der Waals surface area contributed by atoms with E-state index in [4.69, 9.17) is 9.84 Å². The predicted octanol–water partition coefficient (Wildman–Crippen LogP) is 3.53. The predicted molar refractivity (Wildman–Crippen MR) is 117 cm³/mol. The Labute approximate surface area is 181 Å². The minimum atomic E-state index is -0.990. The molecule has 0 bridgehead atoms. The molecule has 2 aromatic carbocycles. The van der Waals surface area contributed by atoms with Crippen LogP contribution in [0.5, 0.6) is 0 Å². The molecule has 0 aliphatic heterocycles. The number of hydrogen-bond donors (Lipinski definition) is 3. The summed E-state index contributed by atoms with van der Waals surface area (Å²) in [5, 5.41) is 14.2. The van der Waals surface area contributed by atoms with E-state index in [1.807, 2.05) is 50.2 Å². The first kappa shape index (κ1) is 22.3. The van der Waals surface area contributed by atoms with Gasteiger partial charge in [-0.3, -0.25) is 9.59 Å². The third-order valence-electron chi connectivity index (χ3n) is 5.60. The van der Waals surface area contributed by atoms with Crippen molar-refractivity contribution < 1.29 is 24.2 Å². The lowest BCUT2D eigenvalue weighted by molar-refractivity contribution is -0.138. The summed E-state index contributed by atoms with van der Waals surface area (Å²) in [5.41, 5.74) is 4.49. The van der Waals surface area contributed by atoms with Crippen molar-refractivity contribution in [2.24, 2.45) is 5.92 Å². The smallest absolute Gasteiger partial charge is 0.407 e. The SMILES string of the molecule is CC(C)[C@@H](CC(=O)O)NC(=O)[C@H](C)NC(=O)OCC1c2ccccc2-c2ccccc21. The van der Waals surface area contributed by atoms with E-state index in [1.54, 1.807) is 0 Å². The zero-order chi connectivity index (χ0) is 22.5. The summed E-state index contributed by atoms with van der Waals surface area (Å²) in [6, 6.07) is 14.7. The average Bonchev–Trinajstić information content (AvgIpc) is 3.05. The summed E-state index contributed by atoms with van der Waals surface area (Å²) >= 11 is 0. The molecule has 2 amide bonds. The van der Waals surface area contributed by atoms with Crippen molar-refractivity contribution in [3.63, 3.8) is 0 Å². The fourth-order valence-corrected chi connectivity index (χ4v) is 3.83. The summed E-state index contributed by atoms with van der Waals surface area (Å²) in [6.45, 7) is 5.35. The van der Waals surface area contributed by atoms with Crippen LogP contribution in [0.2, 0.25) is 0 Å². The van der Waals surface area contributed by atoms with Gasteiger partial charge in [0.25, 0.3) is 0 Å². The Morgan fingerprint density at radius 2 is 1.48 bits per heavy atom. The van der Waals surface area contributed by atoms with Gasteiger partial charge in [-0.15, -0.1) is 0 Å². The fraction of sp³-hybridized carbons (Fsp3) is 0.375. The third kappa shape index (κ3) is 5.23. The number of rotatable bonds is 8. The monoisotopic (exact) mass is 424 g/mol. The van der Waals surface area contributed by atoms with Gasteiger partial charge in [0.2, 0.25) is 5.91 Å². The Hall–Kier alpha value is -3.35. The highest BCUT2D eigenvalue weighted by atomic mass is 16.5. The number of carbonyl (C=O) groups is 3. The van der Waals surface area contributed by atoms with Gasteiger partial charge in [0.05, 0.1) is 6.42 Å². The largest absolute Gasteiger partial charge is 0.481 e. The van der Waals surface area contributed by atoms with E-state index in [9.17, 15) is 14.4 Å². The summed E-state index contributed by atoms with van der Waals surface area (Å²) in [6.07, 6.45) is -0.870. The molecule has 164 valence electrons. The van der Waals surface area contributed by atoms with Gasteiger partial charge in [-0.05, 0) is 35.1 Å². The third-order valence-corrected chi connectivity index (χ3v) is 5.60. The average molecular weight is 424 g/mol. The molecule has 31 heavy (non-hydrogen) atoms. The first-order chi connectivity index (χ1) is 14.8. The highest BCUT2D eigenvalue weighted by Crippen LogP contribution is 2.44. The van der Waals surface area contributed by atoms with Crippen molar-refractivity contribution in [2.75, 3.05) is 6.61 Å². The summed E-state index contributed by atoms with van der Waals surface area (Å²) in [4.78, 5) is 35.7. The molecule has 0 unspecified atom stereocenters. The van der Waals surface area contributed by atoms with E-state index in [0.717, 1.165) is 22.3 Å². The molecule has 3 N–H and O–H groups in total. The molecule has 7 heteroatoms. The molecule has 0 spiro atoms. The molecule has 7 nitrogen and oxygen atoms in total. The van der Waals surface area contributed by atoms with Gasteiger partial charge in [-0.1, -0.05) is 62.4 Å². The molecule has 1 aliphatic rings. The van der Waals surface area contributed by atoms with E-state index in [0.29, 0.717) is 0 Å². The number of benzene rings is 2. The Balaban J connectivity index is 1.58. The second kappa shape index (κ2) is 9.64. The van der Waals surface area contributed by atoms with Crippen molar-refractivity contribution in [1.82, 2.24) is 10.6 Å². The van der Waals surface area contributed by atoms with Crippen LogP contribution in [0, 0.1) is 5.92 Å². The molecule has 2 aromatic rings. The first-order valence-electron chi connectivity index (χ1n) is 10.4. The van der Waals surface area contributed by atoms with Crippen LogP contribution in [0.4, 0.5) is 4.79 Å². The van der Waals surface area contributed by atoms with Crippen LogP contribution in [0.3, 0.4) is 0 Å². The minimum absolute atomic E-state index is 0.0540. The topological polar surface area (TPSA) is 105 Å². The molecule has 0 saturated carbocycles. The molecular weight excluding hydrogens is 396 g/mol. The number of aliphatic carboxylic acids is 1. The number of carboxylic acids is 1. The van der Waals surface area contributed by atoms with Crippen LogP contribution in [0.15, 0.2) is 48.5 Å². The van der Waals surface area contributed by atoms with Gasteiger partial charge in [-0.2, -0.15) is 0 Å². The Bertz CT molecular complexity index is 926. The highest BCUT2D eigenvalue weighted by Gasteiger charge is 2.29. The Kier molecular flexibility index (Phi) is 6.95. The van der Waals surface area contributed by atoms with Gasteiger partial charge in [0.1, 0.15) is 12.6 Å². The summed E-state index contributed by atoms with van der Waals surface area (Å²) in [7, 11) is 0. The van der Waals surface area contributed by atoms with Crippen LogP contribution >= 0.6 is 0 Å². The molecule has 0 radical (unpaired) electrons. The maximum atomic E-state index is 12.4. The zero-order valence-electron chi connectivity index (χ0n) is 17.9. The fourth-order valence-electron chi connectivity index (χ4n) is 3.83. The molecule has 3 rings (SSSR count). The Morgan fingerprint density at radius 1 is 0.935 bits per heavy atom. The number of hydrogen-bond acceptors (Lipinski definition) is 4. The van der Waals surface area contributed by atoms with Crippen LogP contribution < -0.4 is 10.6 Å². The van der Waals surface area contributed by atoms with E-state index in [1.165, 1.54) is 6.92 Å². The lowest BCUT2D eigenvalue weighted by Crippen LogP contribution is -2.50. The van der Waals surface area contributed by atoms with Crippen molar-refractivity contribution in [2.45, 2.75) is 45.2 Å². The second-order valence-electron chi connectivity index (χ2n) is 8.15. The lowest BCUT2D eigenvalue weighted by atomic mass is 9.98. The quantitative estimate of drug-likeness (QED) is 0.601. The van der Waals surface area contributed by atoms with Crippen LogP contribution in [-0.4, -0.2) is 41.8 Å². The van der Waals surface area contributed by atoms with Crippen LogP contribution in [-0.2, 0) is 14.3 Å². The van der Waals surface area contributed by atoms with Gasteiger partial charge in [-0.25, -0.2) is 4.79 Å². The summed E-state index contributed by atoms with van der Waals surface area (Å²) < 4.78 is 5.45. The molecule has 1 aliphatic carbocycles.